The van der Waals surface area contributed by atoms with Crippen molar-refractivity contribution in [2.45, 2.75) is 31.1 Å². The van der Waals surface area contributed by atoms with Gasteiger partial charge in [0.15, 0.2) is 0 Å². The van der Waals surface area contributed by atoms with E-state index in [0.29, 0.717) is 40.2 Å². The Morgan fingerprint density at radius 1 is 1.03 bits per heavy atom. The number of anilines is 1. The Labute approximate surface area is 202 Å². The van der Waals surface area contributed by atoms with E-state index in [1.165, 1.54) is 41.4 Å². The highest BCUT2D eigenvalue weighted by Gasteiger charge is 2.60. The number of urea groups is 1. The maximum absolute atomic E-state index is 13.9. The zero-order chi connectivity index (χ0) is 25.0. The van der Waals surface area contributed by atoms with Crippen molar-refractivity contribution in [3.05, 3.63) is 98.7 Å². The largest absolute Gasteiger partial charge is 0.406 e. The molecule has 1 aliphatic heterocycles. The van der Waals surface area contributed by atoms with Crippen LogP contribution < -0.4 is 10.5 Å². The van der Waals surface area contributed by atoms with Gasteiger partial charge in [0.25, 0.3) is 0 Å². The van der Waals surface area contributed by atoms with Crippen LogP contribution in [0.3, 0.4) is 0 Å². The topological polar surface area (TPSA) is 56.4 Å². The van der Waals surface area contributed by atoms with Gasteiger partial charge in [-0.25, -0.2) is 9.18 Å². The summed E-state index contributed by atoms with van der Waals surface area (Å²) in [6.45, 7) is -1.62. The van der Waals surface area contributed by atoms with Crippen molar-refractivity contribution in [3.63, 3.8) is 0 Å². The number of pyridine rings is 1. The Balaban J connectivity index is 1.77. The quantitative estimate of drug-likeness (QED) is 0.444. The second-order valence-corrected chi connectivity index (χ2v) is 9.28. The van der Waals surface area contributed by atoms with Gasteiger partial charge in [-0.2, -0.15) is 13.2 Å². The summed E-state index contributed by atoms with van der Waals surface area (Å²) in [6, 6.07) is 12.0. The summed E-state index contributed by atoms with van der Waals surface area (Å²) in [6.07, 6.45) is -2.09. The first-order valence-corrected chi connectivity index (χ1v) is 11.4. The third kappa shape index (κ3) is 4.18. The lowest BCUT2D eigenvalue weighted by atomic mass is 9.74. The molecule has 2 amide bonds. The lowest BCUT2D eigenvalue weighted by Gasteiger charge is -2.52. The molecule has 2 heterocycles. The van der Waals surface area contributed by atoms with Gasteiger partial charge in [0.2, 0.25) is 5.56 Å². The molecule has 1 aliphatic carbocycles. The first-order valence-electron chi connectivity index (χ1n) is 11.0. The normalized spacial score (nSPS) is 20.2. The molecule has 0 saturated heterocycles. The van der Waals surface area contributed by atoms with E-state index < -0.39 is 35.7 Å². The van der Waals surface area contributed by atoms with Crippen LogP contribution in [-0.4, -0.2) is 28.6 Å². The van der Waals surface area contributed by atoms with Gasteiger partial charge >= 0.3 is 12.2 Å². The molecule has 1 fully saturated rings. The standard InChI is InChI=1S/C25H20ClF4N3O2/c26-18-5-8-21-20(12-18)25(16-1-2-16,17-3-6-19(27)7-4-17)33(14-24(28,29)30)23(35)32(21)13-15-9-10-31-22(34)11-15/h3-12,16H,1-2,13-14H2,(H,31,34). The number of alkyl halides is 3. The lowest BCUT2D eigenvalue weighted by Crippen LogP contribution is -2.62. The van der Waals surface area contributed by atoms with E-state index in [4.69, 9.17) is 11.6 Å². The molecule has 1 N–H and O–H groups in total. The number of halogens is 5. The van der Waals surface area contributed by atoms with Crippen molar-refractivity contribution in [2.75, 3.05) is 11.4 Å². The molecule has 0 bridgehead atoms. The molecule has 1 unspecified atom stereocenters. The van der Waals surface area contributed by atoms with Gasteiger partial charge in [-0.05, 0) is 66.3 Å². The molecule has 1 aromatic heterocycles. The maximum atomic E-state index is 13.9. The van der Waals surface area contributed by atoms with Crippen molar-refractivity contribution < 1.29 is 22.4 Å². The van der Waals surface area contributed by atoms with Gasteiger partial charge in [-0.3, -0.25) is 9.69 Å². The van der Waals surface area contributed by atoms with Crippen LogP contribution in [0, 0.1) is 11.7 Å². The molecule has 5 rings (SSSR count). The fourth-order valence-corrected chi connectivity index (χ4v) is 5.25. The number of nitrogens with zero attached hydrogens (tertiary/aromatic N) is 2. The third-order valence-corrected chi connectivity index (χ3v) is 6.75. The average Bonchev–Trinajstić information content (AvgIpc) is 3.63. The molecule has 1 saturated carbocycles. The SMILES string of the molecule is O=C1N(Cc2cc[nH]c(=O)c2)c2ccc(Cl)cc2C(c2ccc(F)cc2)(C2CC2)N1CC(F)(F)F. The number of aromatic nitrogens is 1. The molecule has 0 spiro atoms. The number of carbonyl (C=O) groups excluding carboxylic acids is 1. The smallest absolute Gasteiger partial charge is 0.329 e. The lowest BCUT2D eigenvalue weighted by molar-refractivity contribution is -0.150. The number of hydrogen-bond acceptors (Lipinski definition) is 2. The van der Waals surface area contributed by atoms with Crippen molar-refractivity contribution in [3.8, 4) is 0 Å². The van der Waals surface area contributed by atoms with Crippen LogP contribution in [0.15, 0.2) is 65.6 Å². The number of amides is 2. The minimum atomic E-state index is -4.69. The second-order valence-electron chi connectivity index (χ2n) is 8.84. The van der Waals surface area contributed by atoms with Crippen molar-refractivity contribution >= 4 is 23.3 Å². The van der Waals surface area contributed by atoms with E-state index in [1.807, 2.05) is 0 Å². The molecule has 5 nitrogen and oxygen atoms in total. The zero-order valence-corrected chi connectivity index (χ0v) is 19.0. The molecule has 2 aromatic carbocycles. The van der Waals surface area contributed by atoms with E-state index in [2.05, 4.69) is 4.98 Å². The molecular formula is C25H20ClF4N3O2. The Hall–Kier alpha value is -3.33. The predicted molar refractivity (Wildman–Crippen MR) is 123 cm³/mol. The summed E-state index contributed by atoms with van der Waals surface area (Å²) in [4.78, 5) is 30.2. The molecule has 3 aromatic rings. The van der Waals surface area contributed by atoms with Crippen LogP contribution in [0.1, 0.15) is 29.5 Å². The zero-order valence-electron chi connectivity index (χ0n) is 18.3. The van der Waals surface area contributed by atoms with Crippen LogP contribution >= 0.6 is 11.6 Å². The summed E-state index contributed by atoms with van der Waals surface area (Å²) in [7, 11) is 0. The van der Waals surface area contributed by atoms with Crippen LogP contribution in [0.5, 0.6) is 0 Å². The molecule has 0 radical (unpaired) electrons. The van der Waals surface area contributed by atoms with E-state index in [1.54, 1.807) is 24.3 Å². The van der Waals surface area contributed by atoms with Crippen LogP contribution in [0.2, 0.25) is 5.02 Å². The molecule has 2 aliphatic rings. The Bertz CT molecular complexity index is 1340. The summed E-state index contributed by atoms with van der Waals surface area (Å²) in [5.74, 6) is -0.843. The van der Waals surface area contributed by atoms with E-state index in [-0.39, 0.29) is 12.5 Å². The van der Waals surface area contributed by atoms with Crippen molar-refractivity contribution in [2.24, 2.45) is 5.92 Å². The van der Waals surface area contributed by atoms with Crippen LogP contribution in [0.4, 0.5) is 28.0 Å². The fraction of sp³-hybridized carbons (Fsp3) is 0.280. The van der Waals surface area contributed by atoms with Gasteiger partial charge in [0.1, 0.15) is 17.9 Å². The molecular weight excluding hydrogens is 486 g/mol. The summed E-state index contributed by atoms with van der Waals surface area (Å²) >= 11 is 6.34. The number of carbonyl (C=O) groups is 1. The number of fused-ring (bicyclic) bond motifs is 1. The van der Waals surface area contributed by atoms with E-state index >= 15 is 0 Å². The highest BCUT2D eigenvalue weighted by atomic mass is 35.5. The predicted octanol–water partition coefficient (Wildman–Crippen LogP) is 5.83. The number of benzene rings is 2. The Kier molecular flexibility index (Phi) is 5.62. The van der Waals surface area contributed by atoms with Gasteiger partial charge in [0, 0.05) is 22.8 Å². The molecule has 182 valence electrons. The van der Waals surface area contributed by atoms with E-state index in [0.717, 1.165) is 4.90 Å². The maximum Gasteiger partial charge on any atom is 0.406 e. The monoisotopic (exact) mass is 505 g/mol. The fourth-order valence-electron chi connectivity index (χ4n) is 5.08. The summed E-state index contributed by atoms with van der Waals surface area (Å²) < 4.78 is 55.6. The Morgan fingerprint density at radius 2 is 1.74 bits per heavy atom. The first-order chi connectivity index (χ1) is 16.6. The number of hydrogen-bond donors (Lipinski definition) is 1. The average molecular weight is 506 g/mol. The number of H-pyrrole nitrogens is 1. The molecule has 1 atom stereocenters. The number of nitrogens with one attached hydrogen (secondary N) is 1. The minimum Gasteiger partial charge on any atom is -0.329 e. The van der Waals surface area contributed by atoms with Crippen molar-refractivity contribution in [1.29, 1.82) is 0 Å². The third-order valence-electron chi connectivity index (χ3n) is 6.52. The van der Waals surface area contributed by atoms with Gasteiger partial charge < -0.3 is 9.88 Å². The van der Waals surface area contributed by atoms with E-state index in [9.17, 15) is 27.2 Å². The van der Waals surface area contributed by atoms with Crippen LogP contribution in [-0.2, 0) is 12.1 Å². The molecule has 35 heavy (non-hydrogen) atoms. The number of aromatic amines is 1. The van der Waals surface area contributed by atoms with Gasteiger partial charge in [-0.1, -0.05) is 23.7 Å². The highest BCUT2D eigenvalue weighted by molar-refractivity contribution is 6.30. The van der Waals surface area contributed by atoms with Crippen molar-refractivity contribution in [1.82, 2.24) is 9.88 Å². The minimum absolute atomic E-state index is 0.115. The Morgan fingerprint density at radius 3 is 2.37 bits per heavy atom. The first kappa shape index (κ1) is 23.4. The number of rotatable bonds is 5. The van der Waals surface area contributed by atoms with Gasteiger partial charge in [0.05, 0.1) is 12.2 Å². The highest BCUT2D eigenvalue weighted by Crippen LogP contribution is 2.58. The summed E-state index contributed by atoms with van der Waals surface area (Å²) in [5.41, 5.74) is -0.198. The summed E-state index contributed by atoms with van der Waals surface area (Å²) in [5, 5.41) is 0.299. The van der Waals surface area contributed by atoms with Gasteiger partial charge in [-0.15, -0.1) is 0 Å². The van der Waals surface area contributed by atoms with Crippen LogP contribution in [0.25, 0.3) is 0 Å². The molecule has 10 heteroatoms. The second kappa shape index (κ2) is 8.41.